The van der Waals surface area contributed by atoms with Crippen LogP contribution in [0.1, 0.15) is 12.6 Å². The summed E-state index contributed by atoms with van der Waals surface area (Å²) < 4.78 is 4.17. The first-order valence-electron chi connectivity index (χ1n) is 5.43. The molecule has 0 saturated carbocycles. The molecule has 18 heavy (non-hydrogen) atoms. The van der Waals surface area contributed by atoms with Crippen molar-refractivity contribution in [3.05, 3.63) is 61.5 Å². The number of pyridine rings is 1. The predicted octanol–water partition coefficient (Wildman–Crippen LogP) is 3.57. The Labute approximate surface area is 106 Å². The van der Waals surface area contributed by atoms with E-state index < -0.39 is 0 Å². The zero-order valence-corrected chi connectivity index (χ0v) is 10.3. The van der Waals surface area contributed by atoms with Gasteiger partial charge in [0.2, 0.25) is 0 Å². The molecule has 1 aromatic carbocycles. The lowest BCUT2D eigenvalue weighted by Gasteiger charge is -1.96. The number of benzene rings is 1. The van der Waals surface area contributed by atoms with Gasteiger partial charge < -0.3 is 4.74 Å². The van der Waals surface area contributed by atoms with Gasteiger partial charge in [-0.3, -0.25) is 4.79 Å². The molecule has 0 radical (unpaired) electrons. The molecule has 0 aliphatic rings. The zero-order valence-electron chi connectivity index (χ0n) is 10.3. The second-order valence-electron chi connectivity index (χ2n) is 3.41. The summed E-state index contributed by atoms with van der Waals surface area (Å²) in [6, 6.07) is 12.1. The van der Waals surface area contributed by atoms with Gasteiger partial charge in [-0.25, -0.2) is 4.98 Å². The number of hydrogen-bond donors (Lipinski definition) is 0. The molecule has 0 atom stereocenters. The van der Waals surface area contributed by atoms with Gasteiger partial charge in [0.1, 0.15) is 0 Å². The Hall–Kier alpha value is -2.42. The highest BCUT2D eigenvalue weighted by molar-refractivity contribution is 5.79. The first kappa shape index (κ1) is 13.6. The van der Waals surface area contributed by atoms with Crippen molar-refractivity contribution in [3.63, 3.8) is 0 Å². The van der Waals surface area contributed by atoms with E-state index >= 15 is 0 Å². The topological polar surface area (TPSA) is 39.2 Å². The first-order chi connectivity index (χ1) is 8.67. The highest BCUT2D eigenvalue weighted by Gasteiger charge is 1.92. The van der Waals surface area contributed by atoms with Crippen LogP contribution >= 0.6 is 0 Å². The third kappa shape index (κ3) is 4.22. The molecule has 92 valence electrons. The summed E-state index contributed by atoms with van der Waals surface area (Å²) in [6.07, 6.45) is 2.86. The maximum Gasteiger partial charge on any atom is 0.307 e. The van der Waals surface area contributed by atoms with Crippen LogP contribution < -0.4 is 0 Å². The van der Waals surface area contributed by atoms with Crippen molar-refractivity contribution in [3.8, 4) is 0 Å². The lowest BCUT2D eigenvalue weighted by atomic mass is 10.2. The van der Waals surface area contributed by atoms with Crippen molar-refractivity contribution in [2.24, 2.45) is 0 Å². The van der Waals surface area contributed by atoms with Crippen LogP contribution in [0.4, 0.5) is 0 Å². The van der Waals surface area contributed by atoms with Crippen LogP contribution in [0.5, 0.6) is 0 Å². The predicted molar refractivity (Wildman–Crippen MR) is 73.8 cm³/mol. The average molecular weight is 241 g/mol. The molecule has 1 heterocycles. The zero-order chi connectivity index (χ0) is 13.4. The summed E-state index contributed by atoms with van der Waals surface area (Å²) in [7, 11) is 0. The Bertz CT molecular complexity index is 561. The lowest BCUT2D eigenvalue weighted by molar-refractivity contribution is -0.135. The van der Waals surface area contributed by atoms with E-state index in [1.165, 1.54) is 12.3 Å². The molecule has 3 nitrogen and oxygen atoms in total. The monoisotopic (exact) mass is 241 g/mol. The molecule has 0 aliphatic carbocycles. The Balaban J connectivity index is 0.000000232. The molecule has 2 aromatic rings. The van der Waals surface area contributed by atoms with Crippen LogP contribution in [0, 0.1) is 0 Å². The largest absolute Gasteiger partial charge is 0.435 e. The van der Waals surface area contributed by atoms with Gasteiger partial charge in [-0.2, -0.15) is 0 Å². The minimum atomic E-state index is -0.329. The number of carbonyl (C=O) groups is 1. The minimum absolute atomic E-state index is 0.329. The third-order valence-electron chi connectivity index (χ3n) is 2.08. The summed E-state index contributed by atoms with van der Waals surface area (Å²) >= 11 is 0. The molecule has 0 N–H and O–H groups in total. The van der Waals surface area contributed by atoms with E-state index in [4.69, 9.17) is 0 Å². The van der Waals surface area contributed by atoms with Gasteiger partial charge in [0.05, 0.1) is 17.5 Å². The molecule has 1 aromatic heterocycles. The number of nitrogens with zero attached hydrogens (tertiary/aromatic N) is 1. The van der Waals surface area contributed by atoms with Crippen LogP contribution in [0.2, 0.25) is 0 Å². The van der Waals surface area contributed by atoms with Gasteiger partial charge in [-0.1, -0.05) is 37.4 Å². The summed E-state index contributed by atoms with van der Waals surface area (Å²) in [5.74, 6) is -0.329. The Morgan fingerprint density at radius 2 is 1.94 bits per heavy atom. The fourth-order valence-electron chi connectivity index (χ4n) is 1.31. The van der Waals surface area contributed by atoms with Crippen molar-refractivity contribution in [2.75, 3.05) is 0 Å². The van der Waals surface area contributed by atoms with Crippen molar-refractivity contribution >= 4 is 22.9 Å². The molecule has 0 bridgehead atoms. The van der Waals surface area contributed by atoms with Gasteiger partial charge in [-0.05, 0) is 18.2 Å². The number of carbonyl (C=O) groups excluding carboxylic acids is 1. The molecule has 0 spiro atoms. The molecular formula is C15H15NO2. The Kier molecular flexibility index (Phi) is 5.32. The van der Waals surface area contributed by atoms with E-state index in [-0.39, 0.29) is 5.97 Å². The van der Waals surface area contributed by atoms with Gasteiger partial charge in [0.25, 0.3) is 0 Å². The van der Waals surface area contributed by atoms with E-state index in [0.29, 0.717) is 0 Å². The number of ether oxygens (including phenoxy) is 1. The standard InChI is InChI=1S/C11H9N.C4H6O2/c1-2-10-8-7-9-5-3-4-6-11(9)12-10;1-3-6-4(2)5/h2-8H,1H2;3H,1H2,2H3. The van der Waals surface area contributed by atoms with Crippen molar-refractivity contribution in [2.45, 2.75) is 6.92 Å². The molecule has 0 aliphatic heterocycles. The Morgan fingerprint density at radius 3 is 2.50 bits per heavy atom. The number of hydrogen-bond acceptors (Lipinski definition) is 3. The normalized spacial score (nSPS) is 8.94. The van der Waals surface area contributed by atoms with Crippen LogP contribution in [-0.2, 0) is 9.53 Å². The maximum absolute atomic E-state index is 9.75. The Morgan fingerprint density at radius 1 is 1.22 bits per heavy atom. The van der Waals surface area contributed by atoms with Crippen molar-refractivity contribution in [1.82, 2.24) is 4.98 Å². The molecule has 3 heteroatoms. The number of rotatable bonds is 2. The third-order valence-corrected chi connectivity index (χ3v) is 2.08. The molecule has 0 saturated heterocycles. The minimum Gasteiger partial charge on any atom is -0.435 e. The van der Waals surface area contributed by atoms with Crippen molar-refractivity contribution < 1.29 is 9.53 Å². The smallest absolute Gasteiger partial charge is 0.307 e. The molecule has 0 fully saturated rings. The number of para-hydroxylation sites is 1. The van der Waals surface area contributed by atoms with Crippen molar-refractivity contribution in [1.29, 1.82) is 0 Å². The van der Waals surface area contributed by atoms with Crippen LogP contribution in [0.25, 0.3) is 17.0 Å². The second kappa shape index (κ2) is 7.01. The number of fused-ring (bicyclic) bond motifs is 1. The lowest BCUT2D eigenvalue weighted by Crippen LogP contribution is -1.87. The quantitative estimate of drug-likeness (QED) is 0.596. The molecular weight excluding hydrogens is 226 g/mol. The number of aromatic nitrogens is 1. The van der Waals surface area contributed by atoms with Gasteiger partial charge >= 0.3 is 5.97 Å². The summed E-state index contributed by atoms with van der Waals surface area (Å²) in [5.41, 5.74) is 1.95. The molecule has 0 amide bonds. The van der Waals surface area contributed by atoms with Crippen LogP contribution in [0.3, 0.4) is 0 Å². The fraction of sp³-hybridized carbons (Fsp3) is 0.0667. The molecule has 2 rings (SSSR count). The summed E-state index contributed by atoms with van der Waals surface area (Å²) in [6.45, 7) is 8.15. The van der Waals surface area contributed by atoms with Gasteiger partial charge in [-0.15, -0.1) is 0 Å². The highest BCUT2D eigenvalue weighted by atomic mass is 16.5. The van der Waals surface area contributed by atoms with E-state index in [9.17, 15) is 4.79 Å². The summed E-state index contributed by atoms with van der Waals surface area (Å²) in [5, 5.41) is 1.17. The van der Waals surface area contributed by atoms with Crippen LogP contribution in [-0.4, -0.2) is 11.0 Å². The fourth-order valence-corrected chi connectivity index (χ4v) is 1.31. The van der Waals surface area contributed by atoms with E-state index in [2.05, 4.69) is 35.0 Å². The maximum atomic E-state index is 9.75. The van der Waals surface area contributed by atoms with Gasteiger partial charge in [0, 0.05) is 12.3 Å². The second-order valence-corrected chi connectivity index (χ2v) is 3.41. The van der Waals surface area contributed by atoms with E-state index in [1.807, 2.05) is 24.3 Å². The van der Waals surface area contributed by atoms with E-state index in [1.54, 1.807) is 6.08 Å². The first-order valence-corrected chi connectivity index (χ1v) is 5.43. The highest BCUT2D eigenvalue weighted by Crippen LogP contribution is 2.11. The molecule has 0 unspecified atom stereocenters. The SMILES string of the molecule is C=COC(C)=O.C=Cc1ccc2ccccc2n1. The van der Waals surface area contributed by atoms with Gasteiger partial charge in [0.15, 0.2) is 0 Å². The van der Waals surface area contributed by atoms with Crippen LogP contribution in [0.15, 0.2) is 55.8 Å². The number of esters is 1. The average Bonchev–Trinajstić information content (AvgIpc) is 2.38. The van der Waals surface area contributed by atoms with E-state index in [0.717, 1.165) is 17.5 Å². The summed E-state index contributed by atoms with van der Waals surface area (Å²) in [4.78, 5) is 14.1.